The first-order chi connectivity index (χ1) is 6.50. The fourth-order valence-electron chi connectivity index (χ4n) is 2.10. The molecule has 1 aliphatic carbocycles. The fourth-order valence-corrected chi connectivity index (χ4v) is 2.10. The zero-order chi connectivity index (χ0) is 10.3. The van der Waals surface area contributed by atoms with Gasteiger partial charge in [-0.3, -0.25) is 4.98 Å². The minimum atomic E-state index is 0.0897. The van der Waals surface area contributed by atoms with Crippen molar-refractivity contribution in [2.24, 2.45) is 11.1 Å². The van der Waals surface area contributed by atoms with Gasteiger partial charge in [0.25, 0.3) is 0 Å². The van der Waals surface area contributed by atoms with Gasteiger partial charge in [-0.1, -0.05) is 19.9 Å². The van der Waals surface area contributed by atoms with E-state index in [0.29, 0.717) is 0 Å². The van der Waals surface area contributed by atoms with Crippen LogP contribution in [0.25, 0.3) is 0 Å². The second-order valence-electron chi connectivity index (χ2n) is 5.02. The topological polar surface area (TPSA) is 38.9 Å². The standard InChI is InChI=1S/C12H18N2/c1-8-6-9-4-5-12(2,3)11(13)10(9)14-7-8/h6-7,11H,4-5,13H2,1-3H3. The highest BCUT2D eigenvalue weighted by Gasteiger charge is 2.34. The van der Waals surface area contributed by atoms with Crippen molar-refractivity contribution in [1.82, 2.24) is 4.98 Å². The Hall–Kier alpha value is -0.890. The van der Waals surface area contributed by atoms with Gasteiger partial charge in [0, 0.05) is 6.20 Å². The number of aryl methyl sites for hydroxylation is 2. The average molecular weight is 190 g/mol. The van der Waals surface area contributed by atoms with Gasteiger partial charge >= 0.3 is 0 Å². The summed E-state index contributed by atoms with van der Waals surface area (Å²) in [6.45, 7) is 6.53. The molecule has 0 spiro atoms. The number of rotatable bonds is 0. The van der Waals surface area contributed by atoms with Gasteiger partial charge in [-0.2, -0.15) is 0 Å². The number of nitrogens with zero attached hydrogens (tertiary/aromatic N) is 1. The number of hydrogen-bond acceptors (Lipinski definition) is 2. The number of fused-ring (bicyclic) bond motifs is 1. The molecule has 2 heteroatoms. The molecule has 14 heavy (non-hydrogen) atoms. The molecule has 76 valence electrons. The van der Waals surface area contributed by atoms with Gasteiger partial charge in [0.15, 0.2) is 0 Å². The summed E-state index contributed by atoms with van der Waals surface area (Å²) in [6, 6.07) is 2.31. The molecule has 0 fully saturated rings. The summed E-state index contributed by atoms with van der Waals surface area (Å²) in [7, 11) is 0. The van der Waals surface area contributed by atoms with E-state index in [1.807, 2.05) is 6.20 Å². The van der Waals surface area contributed by atoms with Crippen LogP contribution in [0.4, 0.5) is 0 Å². The first-order valence-corrected chi connectivity index (χ1v) is 5.22. The summed E-state index contributed by atoms with van der Waals surface area (Å²) in [5.74, 6) is 0. The number of pyridine rings is 1. The molecule has 1 heterocycles. The molecule has 2 N–H and O–H groups in total. The Morgan fingerprint density at radius 3 is 2.93 bits per heavy atom. The maximum absolute atomic E-state index is 6.21. The van der Waals surface area contributed by atoms with Crippen molar-refractivity contribution in [3.63, 3.8) is 0 Å². The molecule has 1 aromatic heterocycles. The minimum Gasteiger partial charge on any atom is -0.322 e. The van der Waals surface area contributed by atoms with E-state index in [1.165, 1.54) is 11.1 Å². The van der Waals surface area contributed by atoms with Crippen molar-refractivity contribution in [1.29, 1.82) is 0 Å². The molecule has 0 saturated carbocycles. The van der Waals surface area contributed by atoms with Crippen molar-refractivity contribution in [3.05, 3.63) is 29.1 Å². The Morgan fingerprint density at radius 1 is 1.50 bits per heavy atom. The van der Waals surface area contributed by atoms with Crippen LogP contribution < -0.4 is 5.73 Å². The van der Waals surface area contributed by atoms with Gasteiger partial charge in [0.2, 0.25) is 0 Å². The molecule has 1 unspecified atom stereocenters. The Bertz CT molecular complexity index is 355. The molecular formula is C12H18N2. The predicted molar refractivity (Wildman–Crippen MR) is 58.0 cm³/mol. The van der Waals surface area contributed by atoms with E-state index in [4.69, 9.17) is 5.73 Å². The van der Waals surface area contributed by atoms with Crippen LogP contribution >= 0.6 is 0 Å². The van der Waals surface area contributed by atoms with Crippen LogP contribution in [-0.4, -0.2) is 4.98 Å². The lowest BCUT2D eigenvalue weighted by molar-refractivity contribution is 0.244. The third-order valence-corrected chi connectivity index (χ3v) is 3.31. The fraction of sp³-hybridized carbons (Fsp3) is 0.583. The Balaban J connectivity index is 2.46. The summed E-state index contributed by atoms with van der Waals surface area (Å²) in [5.41, 5.74) is 10.1. The second-order valence-corrected chi connectivity index (χ2v) is 5.02. The predicted octanol–water partition coefficient (Wildman–Crippen LogP) is 2.36. The highest BCUT2D eigenvalue weighted by molar-refractivity contribution is 5.30. The lowest BCUT2D eigenvalue weighted by atomic mass is 9.72. The number of nitrogens with two attached hydrogens (primary N) is 1. The maximum Gasteiger partial charge on any atom is 0.0608 e. The summed E-state index contributed by atoms with van der Waals surface area (Å²) < 4.78 is 0. The van der Waals surface area contributed by atoms with Gasteiger partial charge in [0.1, 0.15) is 0 Å². The molecule has 2 rings (SSSR count). The van der Waals surface area contributed by atoms with Gasteiger partial charge in [-0.25, -0.2) is 0 Å². The van der Waals surface area contributed by atoms with Gasteiger partial charge in [-0.15, -0.1) is 0 Å². The van der Waals surface area contributed by atoms with Crippen molar-refractivity contribution >= 4 is 0 Å². The van der Waals surface area contributed by atoms with E-state index < -0.39 is 0 Å². The smallest absolute Gasteiger partial charge is 0.0608 e. The minimum absolute atomic E-state index is 0.0897. The van der Waals surface area contributed by atoms with Gasteiger partial charge < -0.3 is 5.73 Å². The van der Waals surface area contributed by atoms with E-state index in [1.54, 1.807) is 0 Å². The highest BCUT2D eigenvalue weighted by atomic mass is 14.8. The molecule has 0 saturated heterocycles. The zero-order valence-corrected chi connectivity index (χ0v) is 9.17. The van der Waals surface area contributed by atoms with E-state index in [0.717, 1.165) is 18.5 Å². The van der Waals surface area contributed by atoms with E-state index >= 15 is 0 Å². The van der Waals surface area contributed by atoms with Gasteiger partial charge in [-0.05, 0) is 36.3 Å². The quantitative estimate of drug-likeness (QED) is 0.682. The number of hydrogen-bond donors (Lipinski definition) is 1. The summed E-state index contributed by atoms with van der Waals surface area (Å²) >= 11 is 0. The average Bonchev–Trinajstić information content (AvgIpc) is 2.12. The first kappa shape index (κ1) is 9.66. The third kappa shape index (κ3) is 1.44. The molecule has 2 nitrogen and oxygen atoms in total. The lowest BCUT2D eigenvalue weighted by Crippen LogP contribution is -2.34. The van der Waals surface area contributed by atoms with Gasteiger partial charge in [0.05, 0.1) is 11.7 Å². The van der Waals surface area contributed by atoms with Crippen LogP contribution in [0.15, 0.2) is 12.3 Å². The van der Waals surface area contributed by atoms with Crippen LogP contribution in [-0.2, 0) is 6.42 Å². The van der Waals surface area contributed by atoms with Crippen LogP contribution in [0, 0.1) is 12.3 Å². The van der Waals surface area contributed by atoms with Crippen molar-refractivity contribution in [2.45, 2.75) is 39.7 Å². The van der Waals surface area contributed by atoms with Crippen LogP contribution in [0.3, 0.4) is 0 Å². The van der Waals surface area contributed by atoms with E-state index in [9.17, 15) is 0 Å². The molecule has 1 aromatic rings. The molecule has 0 amide bonds. The van der Waals surface area contributed by atoms with Crippen molar-refractivity contribution in [3.8, 4) is 0 Å². The molecule has 0 bridgehead atoms. The SMILES string of the molecule is Cc1cnc2c(c1)CCC(C)(C)C2N. The third-order valence-electron chi connectivity index (χ3n) is 3.31. The molecule has 1 aliphatic rings. The summed E-state index contributed by atoms with van der Waals surface area (Å²) in [4.78, 5) is 4.47. The molecule has 0 radical (unpaired) electrons. The summed E-state index contributed by atoms with van der Waals surface area (Å²) in [5, 5.41) is 0. The first-order valence-electron chi connectivity index (χ1n) is 5.22. The van der Waals surface area contributed by atoms with Crippen LogP contribution in [0.5, 0.6) is 0 Å². The van der Waals surface area contributed by atoms with E-state index in [-0.39, 0.29) is 11.5 Å². The zero-order valence-electron chi connectivity index (χ0n) is 9.17. The molecular weight excluding hydrogens is 172 g/mol. The Labute approximate surface area is 85.5 Å². The second kappa shape index (κ2) is 3.06. The van der Waals surface area contributed by atoms with E-state index in [2.05, 4.69) is 31.8 Å². The maximum atomic E-state index is 6.21. The largest absolute Gasteiger partial charge is 0.322 e. The van der Waals surface area contributed by atoms with Crippen LogP contribution in [0.2, 0.25) is 0 Å². The lowest BCUT2D eigenvalue weighted by Gasteiger charge is -2.36. The Kier molecular flexibility index (Phi) is 2.11. The Morgan fingerprint density at radius 2 is 2.21 bits per heavy atom. The normalized spacial score (nSPS) is 24.4. The van der Waals surface area contributed by atoms with Crippen molar-refractivity contribution < 1.29 is 0 Å². The molecule has 0 aliphatic heterocycles. The monoisotopic (exact) mass is 190 g/mol. The molecule has 1 atom stereocenters. The molecule has 0 aromatic carbocycles. The van der Waals surface area contributed by atoms with Crippen LogP contribution in [0.1, 0.15) is 43.1 Å². The highest BCUT2D eigenvalue weighted by Crippen LogP contribution is 2.40. The summed E-state index contributed by atoms with van der Waals surface area (Å²) in [6.07, 6.45) is 4.19. The van der Waals surface area contributed by atoms with Crippen molar-refractivity contribution in [2.75, 3.05) is 0 Å². The number of aromatic nitrogens is 1.